The van der Waals surface area contributed by atoms with Gasteiger partial charge in [-0.05, 0) is 87.4 Å². The van der Waals surface area contributed by atoms with Crippen LogP contribution >= 0.6 is 11.3 Å². The van der Waals surface area contributed by atoms with Crippen molar-refractivity contribution in [3.05, 3.63) is 90.1 Å². The average Bonchev–Trinajstić information content (AvgIpc) is 3.21. The van der Waals surface area contributed by atoms with Crippen molar-refractivity contribution >= 4 is 53.1 Å². The Labute approximate surface area is 210 Å². The zero-order valence-corrected chi connectivity index (χ0v) is 21.6. The van der Waals surface area contributed by atoms with Gasteiger partial charge in [-0.15, -0.1) is 11.3 Å². The highest BCUT2D eigenvalue weighted by Crippen LogP contribution is 2.49. The molecule has 0 aliphatic heterocycles. The SMILES string of the molecule is CC1(C)CCC(C)(C)c2cc3c(cc21)sc1cc2ccnc(-c4ccc5ccccc5c4)c2cc13. The average molecular weight is 472 g/mol. The summed E-state index contributed by atoms with van der Waals surface area (Å²) in [5.41, 5.74) is 5.75. The summed E-state index contributed by atoms with van der Waals surface area (Å²) in [6.07, 6.45) is 4.43. The van der Waals surface area contributed by atoms with Crippen LogP contribution < -0.4 is 0 Å². The molecule has 7 rings (SSSR count). The summed E-state index contributed by atoms with van der Waals surface area (Å²) in [6, 6.07) is 27.2. The number of hydrogen-bond acceptors (Lipinski definition) is 2. The first-order chi connectivity index (χ1) is 16.8. The minimum Gasteiger partial charge on any atom is -0.256 e. The van der Waals surface area contributed by atoms with Gasteiger partial charge in [0, 0.05) is 37.3 Å². The van der Waals surface area contributed by atoms with Gasteiger partial charge in [0.15, 0.2) is 0 Å². The molecule has 0 fully saturated rings. The molecule has 35 heavy (non-hydrogen) atoms. The number of rotatable bonds is 1. The Bertz CT molecular complexity index is 1800. The molecule has 172 valence electrons. The maximum Gasteiger partial charge on any atom is 0.0780 e. The Morgan fingerprint density at radius 2 is 1.31 bits per heavy atom. The molecular weight excluding hydrogens is 442 g/mol. The molecule has 0 N–H and O–H groups in total. The molecule has 0 atom stereocenters. The fourth-order valence-corrected chi connectivity index (χ4v) is 7.23. The number of fused-ring (bicyclic) bond motifs is 6. The van der Waals surface area contributed by atoms with E-state index in [2.05, 4.69) is 100 Å². The molecule has 0 spiro atoms. The summed E-state index contributed by atoms with van der Waals surface area (Å²) in [5, 5.41) is 7.75. The van der Waals surface area contributed by atoms with Gasteiger partial charge in [0.2, 0.25) is 0 Å². The van der Waals surface area contributed by atoms with Crippen molar-refractivity contribution in [2.24, 2.45) is 0 Å². The molecule has 2 aromatic heterocycles. The predicted octanol–water partition coefficient (Wildman–Crippen LogP) is 9.77. The van der Waals surface area contributed by atoms with E-state index in [4.69, 9.17) is 4.98 Å². The van der Waals surface area contributed by atoms with Crippen molar-refractivity contribution in [1.29, 1.82) is 0 Å². The van der Waals surface area contributed by atoms with E-state index in [0.717, 1.165) is 5.69 Å². The summed E-state index contributed by atoms with van der Waals surface area (Å²) in [7, 11) is 0. The van der Waals surface area contributed by atoms with Crippen molar-refractivity contribution in [1.82, 2.24) is 4.98 Å². The predicted molar refractivity (Wildman–Crippen MR) is 153 cm³/mol. The highest BCUT2D eigenvalue weighted by molar-refractivity contribution is 7.25. The van der Waals surface area contributed by atoms with Crippen molar-refractivity contribution in [2.45, 2.75) is 51.4 Å². The highest BCUT2D eigenvalue weighted by atomic mass is 32.1. The van der Waals surface area contributed by atoms with Gasteiger partial charge in [0.05, 0.1) is 5.69 Å². The topological polar surface area (TPSA) is 12.9 Å². The molecule has 4 aromatic carbocycles. The minimum absolute atomic E-state index is 0.210. The fourth-order valence-electron chi connectivity index (χ4n) is 6.07. The molecule has 1 aliphatic carbocycles. The monoisotopic (exact) mass is 471 g/mol. The Kier molecular flexibility index (Phi) is 4.31. The zero-order valence-electron chi connectivity index (χ0n) is 20.8. The molecule has 1 nitrogen and oxygen atoms in total. The fraction of sp³-hybridized carbons (Fsp3) is 0.242. The van der Waals surface area contributed by atoms with E-state index in [1.54, 1.807) is 0 Å². The molecular formula is C33H29NS. The highest BCUT2D eigenvalue weighted by Gasteiger charge is 2.37. The van der Waals surface area contributed by atoms with Gasteiger partial charge < -0.3 is 0 Å². The van der Waals surface area contributed by atoms with E-state index in [1.165, 1.54) is 71.2 Å². The first-order valence-electron chi connectivity index (χ1n) is 12.6. The van der Waals surface area contributed by atoms with E-state index < -0.39 is 0 Å². The van der Waals surface area contributed by atoms with Crippen LogP contribution in [0.15, 0.2) is 79.0 Å². The molecule has 0 saturated heterocycles. The first kappa shape index (κ1) is 21.1. The maximum absolute atomic E-state index is 4.87. The molecule has 2 heterocycles. The van der Waals surface area contributed by atoms with Crippen LogP contribution in [0.3, 0.4) is 0 Å². The van der Waals surface area contributed by atoms with Gasteiger partial charge >= 0.3 is 0 Å². The van der Waals surface area contributed by atoms with E-state index in [-0.39, 0.29) is 10.8 Å². The molecule has 0 bridgehead atoms. The van der Waals surface area contributed by atoms with Gasteiger partial charge in [-0.3, -0.25) is 4.98 Å². The van der Waals surface area contributed by atoms with E-state index in [9.17, 15) is 0 Å². The number of thiophene rings is 1. The first-order valence-corrected chi connectivity index (χ1v) is 13.4. The summed E-state index contributed by atoms with van der Waals surface area (Å²) >= 11 is 1.93. The lowest BCUT2D eigenvalue weighted by molar-refractivity contribution is 0.332. The van der Waals surface area contributed by atoms with Gasteiger partial charge in [-0.2, -0.15) is 0 Å². The third-order valence-corrected chi connectivity index (χ3v) is 9.47. The van der Waals surface area contributed by atoms with Crippen LogP contribution in [0.5, 0.6) is 0 Å². The molecule has 0 amide bonds. The van der Waals surface area contributed by atoms with Crippen molar-refractivity contribution in [2.75, 3.05) is 0 Å². The summed E-state index contributed by atoms with van der Waals surface area (Å²) in [5.74, 6) is 0. The smallest absolute Gasteiger partial charge is 0.0780 e. The van der Waals surface area contributed by atoms with Crippen LogP contribution in [0.25, 0.3) is 53.0 Å². The van der Waals surface area contributed by atoms with Gasteiger partial charge in [-0.1, -0.05) is 64.1 Å². The number of nitrogens with zero attached hydrogens (tertiary/aromatic N) is 1. The third-order valence-electron chi connectivity index (χ3n) is 8.35. The second-order valence-corrected chi connectivity index (χ2v) is 12.6. The number of benzene rings is 4. The third kappa shape index (κ3) is 3.16. The Hall–Kier alpha value is -3.23. The number of pyridine rings is 1. The minimum atomic E-state index is 0.210. The molecule has 0 radical (unpaired) electrons. The zero-order chi connectivity index (χ0) is 23.9. The van der Waals surface area contributed by atoms with E-state index in [0.29, 0.717) is 0 Å². The lowest BCUT2D eigenvalue weighted by Gasteiger charge is -2.41. The summed E-state index contributed by atoms with van der Waals surface area (Å²) in [6.45, 7) is 9.66. The second-order valence-electron chi connectivity index (χ2n) is 11.6. The molecule has 0 saturated carbocycles. The van der Waals surface area contributed by atoms with Crippen LogP contribution in [0.4, 0.5) is 0 Å². The standard InChI is InChI=1S/C33H29NS/c1-32(2)12-13-33(3,4)28-19-30-26(18-27(28)32)25-17-24-22(16-29(25)35-30)11-14-34-31(24)23-10-9-20-7-5-6-8-21(20)15-23/h5-11,14-19H,12-13H2,1-4H3. The van der Waals surface area contributed by atoms with Crippen molar-refractivity contribution in [3.63, 3.8) is 0 Å². The molecule has 2 heteroatoms. The Morgan fingerprint density at radius 1 is 0.629 bits per heavy atom. The van der Waals surface area contributed by atoms with Crippen molar-refractivity contribution in [3.8, 4) is 11.3 Å². The van der Waals surface area contributed by atoms with E-state index in [1.807, 2.05) is 17.5 Å². The Balaban J connectivity index is 1.51. The Morgan fingerprint density at radius 3 is 2.11 bits per heavy atom. The summed E-state index contributed by atoms with van der Waals surface area (Å²) < 4.78 is 2.76. The normalized spacial score (nSPS) is 16.8. The van der Waals surface area contributed by atoms with Crippen LogP contribution in [0, 0.1) is 0 Å². The van der Waals surface area contributed by atoms with Crippen LogP contribution in [-0.4, -0.2) is 4.98 Å². The second kappa shape index (κ2) is 7.15. The molecule has 1 aliphatic rings. The quantitative estimate of drug-likeness (QED) is 0.232. The maximum atomic E-state index is 4.87. The van der Waals surface area contributed by atoms with Gasteiger partial charge in [0.25, 0.3) is 0 Å². The summed E-state index contributed by atoms with van der Waals surface area (Å²) in [4.78, 5) is 4.87. The molecule has 0 unspecified atom stereocenters. The molecule has 6 aromatic rings. The van der Waals surface area contributed by atoms with Crippen LogP contribution in [0.1, 0.15) is 51.7 Å². The van der Waals surface area contributed by atoms with E-state index >= 15 is 0 Å². The van der Waals surface area contributed by atoms with Crippen LogP contribution in [-0.2, 0) is 10.8 Å². The van der Waals surface area contributed by atoms with Crippen LogP contribution in [0.2, 0.25) is 0 Å². The van der Waals surface area contributed by atoms with Gasteiger partial charge in [-0.25, -0.2) is 0 Å². The lowest BCUT2D eigenvalue weighted by Crippen LogP contribution is -2.33. The van der Waals surface area contributed by atoms with Gasteiger partial charge in [0.1, 0.15) is 0 Å². The lowest BCUT2D eigenvalue weighted by atomic mass is 9.63. The largest absolute Gasteiger partial charge is 0.256 e. The van der Waals surface area contributed by atoms with Crippen molar-refractivity contribution < 1.29 is 0 Å². The number of aromatic nitrogens is 1. The number of hydrogen-bond donors (Lipinski definition) is 0.